The molecule has 5 atom stereocenters. The van der Waals surface area contributed by atoms with Gasteiger partial charge in [0.2, 0.25) is 12.2 Å². The summed E-state index contributed by atoms with van der Waals surface area (Å²) in [6.45, 7) is 2.93. The maximum Gasteiger partial charge on any atom is 0.281 e. The molecular formula is C18H23N3O7. The number of nitrogens with zero attached hydrogens (tertiary/aromatic N) is 2. The highest BCUT2D eigenvalue weighted by Gasteiger charge is 2.46. The Labute approximate surface area is 161 Å². The summed E-state index contributed by atoms with van der Waals surface area (Å²) in [6.07, 6.45) is -5.34. The lowest BCUT2D eigenvalue weighted by Crippen LogP contribution is -2.64. The first-order valence-corrected chi connectivity index (χ1v) is 8.93. The van der Waals surface area contributed by atoms with Crippen molar-refractivity contribution < 1.29 is 34.5 Å². The van der Waals surface area contributed by atoms with Crippen molar-refractivity contribution in [1.82, 2.24) is 5.32 Å². The molecule has 0 aromatic heterocycles. The van der Waals surface area contributed by atoms with Crippen molar-refractivity contribution in [3.8, 4) is 0 Å². The van der Waals surface area contributed by atoms with Gasteiger partial charge in [-0.15, -0.1) is 0 Å². The molecule has 0 aliphatic carbocycles. The number of likely N-dealkylation sites (N-methyl/N-ethyl adjacent to an activating group) is 1. The van der Waals surface area contributed by atoms with Crippen LogP contribution >= 0.6 is 0 Å². The van der Waals surface area contributed by atoms with Crippen LogP contribution in [0.15, 0.2) is 29.4 Å². The van der Waals surface area contributed by atoms with Crippen LogP contribution in [-0.4, -0.2) is 76.6 Å². The average molecular weight is 393 g/mol. The fraction of sp³-hybridized carbons (Fsp3) is 0.500. The molecular weight excluding hydrogens is 370 g/mol. The molecule has 0 bridgehead atoms. The highest BCUT2D eigenvalue weighted by Crippen LogP contribution is 2.29. The molecule has 2 amide bonds. The van der Waals surface area contributed by atoms with Crippen LogP contribution in [0.25, 0.3) is 0 Å². The van der Waals surface area contributed by atoms with Crippen LogP contribution in [0.4, 0.5) is 5.69 Å². The number of rotatable bonds is 5. The summed E-state index contributed by atoms with van der Waals surface area (Å²) >= 11 is 0. The Kier molecular flexibility index (Phi) is 5.94. The van der Waals surface area contributed by atoms with Crippen LogP contribution in [0.2, 0.25) is 0 Å². The zero-order valence-electron chi connectivity index (χ0n) is 15.5. The van der Waals surface area contributed by atoms with E-state index in [-0.39, 0.29) is 11.6 Å². The zero-order valence-corrected chi connectivity index (χ0v) is 15.5. The number of hydrogen-bond acceptors (Lipinski definition) is 8. The second-order valence-corrected chi connectivity index (χ2v) is 6.54. The maximum atomic E-state index is 12.6. The molecule has 4 N–H and O–H groups in total. The van der Waals surface area contributed by atoms with Crippen molar-refractivity contribution in [1.29, 1.82) is 0 Å². The normalized spacial score (nSPS) is 31.0. The predicted molar refractivity (Wildman–Crippen MR) is 97.5 cm³/mol. The van der Waals surface area contributed by atoms with Gasteiger partial charge in [-0.25, -0.2) is 0 Å². The number of fused-ring (bicyclic) bond motifs is 1. The molecule has 10 heteroatoms. The van der Waals surface area contributed by atoms with Crippen LogP contribution in [0, 0.1) is 0 Å². The number of amides is 2. The molecule has 0 saturated carbocycles. The minimum atomic E-state index is -1.46. The third kappa shape index (κ3) is 3.59. The summed E-state index contributed by atoms with van der Waals surface area (Å²) < 4.78 is 5.44. The van der Waals surface area contributed by atoms with Crippen molar-refractivity contribution in [2.45, 2.75) is 44.5 Å². The van der Waals surface area contributed by atoms with E-state index in [1.165, 1.54) is 6.92 Å². The Balaban J connectivity index is 1.88. The van der Waals surface area contributed by atoms with Crippen LogP contribution in [-0.2, 0) is 19.2 Å². The lowest BCUT2D eigenvalue weighted by atomic mass is 9.97. The lowest BCUT2D eigenvalue weighted by molar-refractivity contribution is -0.270. The van der Waals surface area contributed by atoms with Crippen molar-refractivity contribution in [3.05, 3.63) is 29.8 Å². The number of hydrogen-bond donors (Lipinski definition) is 4. The fourth-order valence-electron chi connectivity index (χ4n) is 3.33. The zero-order chi connectivity index (χ0) is 20.4. The summed E-state index contributed by atoms with van der Waals surface area (Å²) in [5.41, 5.74) is 1.34. The van der Waals surface area contributed by atoms with E-state index in [1.54, 1.807) is 29.2 Å². The molecule has 152 valence electrons. The number of aliphatic hydroxyl groups excluding tert-OH is 3. The molecule has 1 fully saturated rings. The van der Waals surface area contributed by atoms with Gasteiger partial charge in [0.15, 0.2) is 5.71 Å². The SMILES string of the molecule is CCN1C(=O)/C(=N\O[C@@H]2O[C@H](CO)[C@H](O)[C@@H](O)[C@@H]2NC(C)=O)c2ccccc21. The van der Waals surface area contributed by atoms with Gasteiger partial charge in [0.1, 0.15) is 24.4 Å². The average Bonchev–Trinajstić information content (AvgIpc) is 2.95. The minimum absolute atomic E-state index is 0.0591. The molecule has 3 rings (SSSR count). The molecule has 2 heterocycles. The van der Waals surface area contributed by atoms with E-state index in [0.29, 0.717) is 17.8 Å². The first-order chi connectivity index (χ1) is 13.4. The van der Waals surface area contributed by atoms with Gasteiger partial charge in [0, 0.05) is 19.0 Å². The largest absolute Gasteiger partial charge is 0.394 e. The number of carbonyl (C=O) groups excluding carboxylic acids is 2. The summed E-state index contributed by atoms with van der Waals surface area (Å²) in [6, 6.07) is 5.94. The first kappa shape index (κ1) is 20.2. The maximum absolute atomic E-state index is 12.6. The Morgan fingerprint density at radius 3 is 2.68 bits per heavy atom. The first-order valence-electron chi connectivity index (χ1n) is 8.93. The smallest absolute Gasteiger partial charge is 0.281 e. The van der Waals surface area contributed by atoms with Gasteiger partial charge in [-0.05, 0) is 13.0 Å². The van der Waals surface area contributed by atoms with Crippen molar-refractivity contribution in [3.63, 3.8) is 0 Å². The quantitative estimate of drug-likeness (QED) is 0.457. The molecule has 2 aliphatic rings. The molecule has 0 spiro atoms. The van der Waals surface area contributed by atoms with Gasteiger partial charge < -0.3 is 35.1 Å². The monoisotopic (exact) mass is 393 g/mol. The molecule has 1 saturated heterocycles. The lowest BCUT2D eigenvalue weighted by Gasteiger charge is -2.40. The highest BCUT2D eigenvalue weighted by molar-refractivity contribution is 6.54. The molecule has 0 radical (unpaired) electrons. The molecule has 1 aromatic rings. The molecule has 28 heavy (non-hydrogen) atoms. The van der Waals surface area contributed by atoms with E-state index >= 15 is 0 Å². The van der Waals surface area contributed by atoms with E-state index in [2.05, 4.69) is 10.5 Å². The second-order valence-electron chi connectivity index (χ2n) is 6.54. The van der Waals surface area contributed by atoms with E-state index < -0.39 is 43.2 Å². The number of aliphatic hydroxyl groups is 3. The third-order valence-electron chi connectivity index (χ3n) is 4.71. The van der Waals surface area contributed by atoms with Crippen LogP contribution < -0.4 is 10.2 Å². The van der Waals surface area contributed by atoms with Crippen LogP contribution in [0.1, 0.15) is 19.4 Å². The number of benzene rings is 1. The summed E-state index contributed by atoms with van der Waals surface area (Å²) in [5, 5.41) is 36.0. The Hall–Kier alpha value is -2.53. The number of carbonyl (C=O) groups is 2. The molecule has 1 aromatic carbocycles. The molecule has 0 unspecified atom stereocenters. The Bertz CT molecular complexity index is 784. The molecule has 2 aliphatic heterocycles. The number of anilines is 1. The Morgan fingerprint density at radius 1 is 1.32 bits per heavy atom. The van der Waals surface area contributed by atoms with Crippen LogP contribution in [0.5, 0.6) is 0 Å². The van der Waals surface area contributed by atoms with Gasteiger partial charge in [-0.1, -0.05) is 23.4 Å². The van der Waals surface area contributed by atoms with E-state index in [1.807, 2.05) is 6.92 Å². The highest BCUT2D eigenvalue weighted by atomic mass is 16.8. The summed E-state index contributed by atoms with van der Waals surface area (Å²) in [7, 11) is 0. The van der Waals surface area contributed by atoms with E-state index in [9.17, 15) is 24.9 Å². The number of ether oxygens (including phenoxy) is 1. The predicted octanol–water partition coefficient (Wildman–Crippen LogP) is -1.28. The topological polar surface area (TPSA) is 141 Å². The van der Waals surface area contributed by atoms with Crippen LogP contribution in [0.3, 0.4) is 0 Å². The standard InChI is InChI=1S/C18H23N3O7/c1-3-21-11-7-5-4-6-10(11)13(17(21)26)20-28-18-14(19-9(2)23)16(25)15(24)12(8-22)27-18/h4-7,12,14-16,18,22,24-25H,3,8H2,1-2H3,(H,19,23)/b20-13-/t12-,14+,15+,16+,18+/m1/s1. The van der Waals surface area contributed by atoms with Gasteiger partial charge in [-0.2, -0.15) is 0 Å². The second kappa shape index (κ2) is 8.23. The van der Waals surface area contributed by atoms with Crippen molar-refractivity contribution >= 4 is 23.2 Å². The van der Waals surface area contributed by atoms with E-state index in [0.717, 1.165) is 0 Å². The summed E-state index contributed by atoms with van der Waals surface area (Å²) in [5.74, 6) is -0.835. The van der Waals surface area contributed by atoms with Gasteiger partial charge in [-0.3, -0.25) is 9.59 Å². The van der Waals surface area contributed by atoms with Crippen molar-refractivity contribution in [2.75, 3.05) is 18.1 Å². The number of oxime groups is 1. The number of nitrogens with one attached hydrogen (secondary N) is 1. The fourth-order valence-corrected chi connectivity index (χ4v) is 3.33. The minimum Gasteiger partial charge on any atom is -0.394 e. The van der Waals surface area contributed by atoms with Gasteiger partial charge >= 0.3 is 0 Å². The third-order valence-corrected chi connectivity index (χ3v) is 4.71. The Morgan fingerprint density at radius 2 is 2.04 bits per heavy atom. The number of para-hydroxylation sites is 1. The van der Waals surface area contributed by atoms with Gasteiger partial charge in [0.25, 0.3) is 5.91 Å². The molecule has 10 nitrogen and oxygen atoms in total. The van der Waals surface area contributed by atoms with Gasteiger partial charge in [0.05, 0.1) is 12.3 Å². The van der Waals surface area contributed by atoms with Crippen molar-refractivity contribution in [2.24, 2.45) is 5.16 Å². The van der Waals surface area contributed by atoms with E-state index in [4.69, 9.17) is 9.57 Å². The summed E-state index contributed by atoms with van der Waals surface area (Å²) in [4.78, 5) is 31.0.